The van der Waals surface area contributed by atoms with Crippen LogP contribution in [-0.2, 0) is 13.1 Å². The van der Waals surface area contributed by atoms with E-state index >= 15 is 0 Å². The first-order chi connectivity index (χ1) is 11.2. The van der Waals surface area contributed by atoms with Crippen molar-refractivity contribution in [2.75, 3.05) is 13.2 Å². The molecule has 5 nitrogen and oxygen atoms in total. The number of para-hydroxylation sites is 1. The molecular formula is C18H26N4O. The lowest BCUT2D eigenvalue weighted by Crippen LogP contribution is -2.34. The van der Waals surface area contributed by atoms with Crippen LogP contribution >= 0.6 is 0 Å². The van der Waals surface area contributed by atoms with Crippen LogP contribution in [-0.4, -0.2) is 38.9 Å². The molecule has 5 heteroatoms. The Morgan fingerprint density at radius 1 is 1.26 bits per heavy atom. The van der Waals surface area contributed by atoms with Gasteiger partial charge in [-0.05, 0) is 37.4 Å². The third kappa shape index (κ3) is 4.32. The lowest BCUT2D eigenvalue weighted by atomic mass is 10.2. The monoisotopic (exact) mass is 314 g/mol. The maximum Gasteiger partial charge on any atom is 0.141 e. The van der Waals surface area contributed by atoms with E-state index in [1.165, 1.54) is 12.8 Å². The van der Waals surface area contributed by atoms with Crippen molar-refractivity contribution < 1.29 is 4.74 Å². The number of benzene rings is 1. The van der Waals surface area contributed by atoms with Gasteiger partial charge in [0.05, 0.1) is 6.54 Å². The minimum absolute atomic E-state index is 0.458. The predicted octanol–water partition coefficient (Wildman–Crippen LogP) is 2.98. The van der Waals surface area contributed by atoms with Crippen LogP contribution in [0, 0.1) is 5.92 Å². The molecule has 0 saturated carbocycles. The van der Waals surface area contributed by atoms with E-state index < -0.39 is 0 Å². The van der Waals surface area contributed by atoms with Gasteiger partial charge in [-0.15, -0.1) is 0 Å². The van der Waals surface area contributed by atoms with Crippen LogP contribution in [0.3, 0.4) is 0 Å². The van der Waals surface area contributed by atoms with Crippen molar-refractivity contribution in [1.29, 1.82) is 0 Å². The Morgan fingerprint density at radius 3 is 2.87 bits per heavy atom. The van der Waals surface area contributed by atoms with Crippen LogP contribution < -0.4 is 4.74 Å². The summed E-state index contributed by atoms with van der Waals surface area (Å²) in [4.78, 5) is 6.93. The van der Waals surface area contributed by atoms with Gasteiger partial charge in [-0.1, -0.05) is 32.0 Å². The van der Waals surface area contributed by atoms with Gasteiger partial charge < -0.3 is 4.74 Å². The van der Waals surface area contributed by atoms with Gasteiger partial charge in [0.1, 0.15) is 24.5 Å². The molecule has 1 saturated heterocycles. The molecule has 1 aromatic carbocycles. The molecule has 0 spiro atoms. The second kappa shape index (κ2) is 7.59. The number of nitrogens with zero attached hydrogens (tertiary/aromatic N) is 4. The largest absolute Gasteiger partial charge is 0.492 e. The average Bonchev–Trinajstić information content (AvgIpc) is 3.16. The number of aromatic nitrogens is 3. The zero-order valence-electron chi connectivity index (χ0n) is 14.1. The van der Waals surface area contributed by atoms with Gasteiger partial charge in [-0.3, -0.25) is 4.90 Å². The van der Waals surface area contributed by atoms with E-state index in [-0.39, 0.29) is 0 Å². The molecule has 0 radical (unpaired) electrons. The fraction of sp³-hybridized carbons (Fsp3) is 0.556. The molecule has 3 rings (SSSR count). The molecule has 0 unspecified atom stereocenters. The highest BCUT2D eigenvalue weighted by molar-refractivity contribution is 5.21. The van der Waals surface area contributed by atoms with E-state index in [1.54, 1.807) is 6.33 Å². The van der Waals surface area contributed by atoms with Crippen LogP contribution in [0.2, 0.25) is 0 Å². The van der Waals surface area contributed by atoms with Gasteiger partial charge in [-0.2, -0.15) is 5.10 Å². The number of ether oxygens (including phenoxy) is 1. The molecule has 1 aliphatic rings. The van der Waals surface area contributed by atoms with Gasteiger partial charge in [0.25, 0.3) is 0 Å². The molecule has 1 fully saturated rings. The van der Waals surface area contributed by atoms with Crippen molar-refractivity contribution >= 4 is 0 Å². The Morgan fingerprint density at radius 2 is 2.09 bits per heavy atom. The molecule has 0 N–H and O–H groups in total. The molecule has 124 valence electrons. The quantitative estimate of drug-likeness (QED) is 0.788. The normalized spacial score (nSPS) is 18.7. The van der Waals surface area contributed by atoms with Gasteiger partial charge in [-0.25, -0.2) is 9.67 Å². The molecule has 0 aliphatic carbocycles. The minimum atomic E-state index is 0.458. The molecule has 1 aliphatic heterocycles. The maximum atomic E-state index is 5.95. The summed E-state index contributed by atoms with van der Waals surface area (Å²) in [6.07, 6.45) is 4.08. The molecule has 1 atom stereocenters. The van der Waals surface area contributed by atoms with Crippen molar-refractivity contribution in [3.8, 4) is 5.75 Å². The van der Waals surface area contributed by atoms with E-state index in [1.807, 2.05) is 35.0 Å². The van der Waals surface area contributed by atoms with Gasteiger partial charge in [0.15, 0.2) is 0 Å². The van der Waals surface area contributed by atoms with Gasteiger partial charge in [0, 0.05) is 12.6 Å². The molecule has 2 heterocycles. The van der Waals surface area contributed by atoms with E-state index in [0.29, 0.717) is 12.0 Å². The molecular weight excluding hydrogens is 288 g/mol. The summed E-state index contributed by atoms with van der Waals surface area (Å²) in [6.45, 7) is 8.04. The van der Waals surface area contributed by atoms with Gasteiger partial charge >= 0.3 is 0 Å². The van der Waals surface area contributed by atoms with E-state index in [2.05, 4.69) is 28.8 Å². The third-order valence-corrected chi connectivity index (χ3v) is 4.26. The Labute approximate surface area is 138 Å². The first-order valence-electron chi connectivity index (χ1n) is 8.51. The van der Waals surface area contributed by atoms with Gasteiger partial charge in [0.2, 0.25) is 0 Å². The van der Waals surface area contributed by atoms with Crippen LogP contribution in [0.5, 0.6) is 5.75 Å². The van der Waals surface area contributed by atoms with Crippen molar-refractivity contribution in [3.63, 3.8) is 0 Å². The molecule has 0 amide bonds. The lowest BCUT2D eigenvalue weighted by molar-refractivity contribution is 0.162. The second-order valence-electron chi connectivity index (χ2n) is 6.64. The summed E-state index contributed by atoms with van der Waals surface area (Å²) in [6, 6.07) is 10.5. The Hall–Kier alpha value is -1.88. The number of rotatable bonds is 7. The molecule has 1 aromatic heterocycles. The predicted molar refractivity (Wildman–Crippen MR) is 90.2 cm³/mol. The van der Waals surface area contributed by atoms with Crippen molar-refractivity contribution in [3.05, 3.63) is 42.5 Å². The topological polar surface area (TPSA) is 43.2 Å². The summed E-state index contributed by atoms with van der Waals surface area (Å²) >= 11 is 0. The fourth-order valence-corrected chi connectivity index (χ4v) is 3.09. The van der Waals surface area contributed by atoms with E-state index in [4.69, 9.17) is 4.74 Å². The third-order valence-electron chi connectivity index (χ3n) is 4.26. The van der Waals surface area contributed by atoms with E-state index in [0.717, 1.165) is 37.8 Å². The zero-order chi connectivity index (χ0) is 16.1. The average molecular weight is 314 g/mol. The van der Waals surface area contributed by atoms with Crippen LogP contribution in [0.25, 0.3) is 0 Å². The van der Waals surface area contributed by atoms with Crippen molar-refractivity contribution in [2.45, 2.75) is 45.8 Å². The number of hydrogen-bond acceptors (Lipinski definition) is 4. The SMILES string of the molecule is CC(C)Cn1ncnc1CN1CCC[C@H]1COc1ccccc1. The Bertz CT molecular complexity index is 596. The Balaban J connectivity index is 1.58. The summed E-state index contributed by atoms with van der Waals surface area (Å²) in [5.41, 5.74) is 0. The smallest absolute Gasteiger partial charge is 0.141 e. The summed E-state index contributed by atoms with van der Waals surface area (Å²) in [5.74, 6) is 2.58. The van der Waals surface area contributed by atoms with Crippen LogP contribution in [0.1, 0.15) is 32.5 Å². The van der Waals surface area contributed by atoms with Crippen molar-refractivity contribution in [1.82, 2.24) is 19.7 Å². The standard InChI is InChI=1S/C18H26N4O/c1-15(2)11-22-18(19-14-20-22)12-21-10-6-7-16(21)13-23-17-8-4-3-5-9-17/h3-5,8-9,14-16H,6-7,10-13H2,1-2H3/t16-/m0/s1. The van der Waals surface area contributed by atoms with Crippen LogP contribution in [0.15, 0.2) is 36.7 Å². The number of hydrogen-bond donors (Lipinski definition) is 0. The summed E-state index contributed by atoms with van der Waals surface area (Å²) in [7, 11) is 0. The van der Waals surface area contributed by atoms with E-state index in [9.17, 15) is 0 Å². The highest BCUT2D eigenvalue weighted by atomic mass is 16.5. The molecule has 0 bridgehead atoms. The molecule has 2 aromatic rings. The highest BCUT2D eigenvalue weighted by Crippen LogP contribution is 2.21. The van der Waals surface area contributed by atoms with Crippen LogP contribution in [0.4, 0.5) is 0 Å². The number of likely N-dealkylation sites (tertiary alicyclic amines) is 1. The highest BCUT2D eigenvalue weighted by Gasteiger charge is 2.26. The maximum absolute atomic E-state index is 5.95. The first kappa shape index (κ1) is 16.0. The second-order valence-corrected chi connectivity index (χ2v) is 6.64. The Kier molecular flexibility index (Phi) is 5.28. The molecule has 23 heavy (non-hydrogen) atoms. The fourth-order valence-electron chi connectivity index (χ4n) is 3.09. The van der Waals surface area contributed by atoms with Crippen molar-refractivity contribution in [2.24, 2.45) is 5.92 Å². The summed E-state index contributed by atoms with van der Waals surface area (Å²) < 4.78 is 7.99. The first-order valence-corrected chi connectivity index (χ1v) is 8.51. The summed E-state index contributed by atoms with van der Waals surface area (Å²) in [5, 5.41) is 4.36. The zero-order valence-corrected chi connectivity index (χ0v) is 14.1. The minimum Gasteiger partial charge on any atom is -0.492 e. The lowest BCUT2D eigenvalue weighted by Gasteiger charge is -2.24.